The molecule has 7 heteroatoms. The molecule has 0 aliphatic carbocycles. The standard InChI is InChI=1S/C12H15N3O4/c1-14-8(12(17)18)5-15-9-4-7(13)2-3-10(9)19-6-11(15)16/h2-4,8,14H,5-6,13H2,1H3,(H,17,18). The van der Waals surface area contributed by atoms with E-state index in [0.29, 0.717) is 17.1 Å². The fraction of sp³-hybridized carbons (Fsp3) is 0.333. The Labute approximate surface area is 109 Å². The van der Waals surface area contributed by atoms with Gasteiger partial charge in [-0.05, 0) is 25.2 Å². The van der Waals surface area contributed by atoms with Crippen LogP contribution < -0.4 is 20.7 Å². The number of anilines is 2. The van der Waals surface area contributed by atoms with Crippen LogP contribution in [-0.2, 0) is 9.59 Å². The van der Waals surface area contributed by atoms with Gasteiger partial charge in [-0.1, -0.05) is 0 Å². The Kier molecular flexibility index (Phi) is 3.57. The molecule has 1 aromatic carbocycles. The number of amides is 1. The first-order chi connectivity index (χ1) is 9.02. The Hall–Kier alpha value is -2.28. The molecule has 7 nitrogen and oxygen atoms in total. The minimum Gasteiger partial charge on any atom is -0.482 e. The van der Waals surface area contributed by atoms with Crippen molar-refractivity contribution in [3.63, 3.8) is 0 Å². The summed E-state index contributed by atoms with van der Waals surface area (Å²) in [5, 5.41) is 11.7. The topological polar surface area (TPSA) is 105 Å². The zero-order valence-corrected chi connectivity index (χ0v) is 10.4. The van der Waals surface area contributed by atoms with E-state index in [9.17, 15) is 9.59 Å². The molecule has 0 radical (unpaired) electrons. The molecule has 0 aromatic heterocycles. The molecule has 19 heavy (non-hydrogen) atoms. The van der Waals surface area contributed by atoms with Crippen LogP contribution in [0.15, 0.2) is 18.2 Å². The van der Waals surface area contributed by atoms with Gasteiger partial charge in [-0.2, -0.15) is 0 Å². The molecule has 1 aliphatic rings. The summed E-state index contributed by atoms with van der Waals surface area (Å²) in [5.41, 5.74) is 6.67. The number of nitrogens with zero attached hydrogens (tertiary/aromatic N) is 1. The lowest BCUT2D eigenvalue weighted by molar-refractivity contribution is -0.139. The Bertz CT molecular complexity index is 518. The summed E-state index contributed by atoms with van der Waals surface area (Å²) in [6, 6.07) is 4.08. The molecular formula is C12H15N3O4. The third-order valence-electron chi connectivity index (χ3n) is 2.94. The van der Waals surface area contributed by atoms with Crippen LogP contribution in [0, 0.1) is 0 Å². The van der Waals surface area contributed by atoms with E-state index in [1.165, 1.54) is 11.9 Å². The largest absolute Gasteiger partial charge is 0.482 e. The number of hydrogen-bond acceptors (Lipinski definition) is 5. The van der Waals surface area contributed by atoms with Crippen molar-refractivity contribution in [3.05, 3.63) is 18.2 Å². The lowest BCUT2D eigenvalue weighted by Gasteiger charge is -2.31. The highest BCUT2D eigenvalue weighted by molar-refractivity contribution is 5.99. The Morgan fingerprint density at radius 3 is 3.00 bits per heavy atom. The summed E-state index contributed by atoms with van der Waals surface area (Å²) in [6.45, 7) is -0.0859. The van der Waals surface area contributed by atoms with Crippen molar-refractivity contribution in [1.29, 1.82) is 0 Å². The number of ether oxygens (including phenoxy) is 1. The average Bonchev–Trinajstić information content (AvgIpc) is 2.37. The maximum atomic E-state index is 11.9. The summed E-state index contributed by atoms with van der Waals surface area (Å²) in [6.07, 6.45) is 0. The van der Waals surface area contributed by atoms with Gasteiger partial charge in [-0.3, -0.25) is 9.59 Å². The van der Waals surface area contributed by atoms with Crippen molar-refractivity contribution in [1.82, 2.24) is 5.32 Å². The van der Waals surface area contributed by atoms with Crippen molar-refractivity contribution < 1.29 is 19.4 Å². The molecular weight excluding hydrogens is 250 g/mol. The molecule has 1 unspecified atom stereocenters. The zero-order chi connectivity index (χ0) is 14.0. The molecule has 2 rings (SSSR count). The first-order valence-corrected chi connectivity index (χ1v) is 5.75. The van der Waals surface area contributed by atoms with Gasteiger partial charge in [0.15, 0.2) is 6.61 Å². The smallest absolute Gasteiger partial charge is 0.322 e. The number of aliphatic carboxylic acids is 1. The van der Waals surface area contributed by atoms with E-state index < -0.39 is 12.0 Å². The molecule has 0 fully saturated rings. The second-order valence-electron chi connectivity index (χ2n) is 4.20. The van der Waals surface area contributed by atoms with Crippen LogP contribution in [0.3, 0.4) is 0 Å². The maximum Gasteiger partial charge on any atom is 0.322 e. The Morgan fingerprint density at radius 2 is 2.37 bits per heavy atom. The number of nitrogens with two attached hydrogens (primary N) is 1. The lowest BCUT2D eigenvalue weighted by atomic mass is 10.2. The van der Waals surface area contributed by atoms with Gasteiger partial charge in [0.25, 0.3) is 5.91 Å². The van der Waals surface area contributed by atoms with E-state index in [-0.39, 0.29) is 19.1 Å². The van der Waals surface area contributed by atoms with Gasteiger partial charge in [0.05, 0.1) is 12.2 Å². The molecule has 4 N–H and O–H groups in total. The second kappa shape index (κ2) is 5.15. The van der Waals surface area contributed by atoms with E-state index in [0.717, 1.165) is 0 Å². The van der Waals surface area contributed by atoms with E-state index in [2.05, 4.69) is 5.32 Å². The molecule has 0 saturated carbocycles. The van der Waals surface area contributed by atoms with Gasteiger partial charge < -0.3 is 25.8 Å². The summed E-state index contributed by atoms with van der Waals surface area (Å²) < 4.78 is 5.28. The van der Waals surface area contributed by atoms with Crippen molar-refractivity contribution >= 4 is 23.3 Å². The van der Waals surface area contributed by atoms with Gasteiger partial charge in [-0.15, -0.1) is 0 Å². The number of likely N-dealkylation sites (N-methyl/N-ethyl adjacent to an activating group) is 1. The fourth-order valence-electron chi connectivity index (χ4n) is 1.89. The first-order valence-electron chi connectivity index (χ1n) is 5.75. The van der Waals surface area contributed by atoms with E-state index >= 15 is 0 Å². The number of carbonyl (C=O) groups is 2. The number of nitrogens with one attached hydrogen (secondary N) is 1. The number of hydrogen-bond donors (Lipinski definition) is 3. The van der Waals surface area contributed by atoms with Gasteiger partial charge in [0, 0.05) is 5.69 Å². The SMILES string of the molecule is CNC(CN1C(=O)COc2ccc(N)cc21)C(=O)O. The lowest BCUT2D eigenvalue weighted by Crippen LogP contribution is -2.49. The quantitative estimate of drug-likeness (QED) is 0.644. The van der Waals surface area contributed by atoms with Crippen LogP contribution >= 0.6 is 0 Å². The number of rotatable bonds is 4. The molecule has 1 heterocycles. The molecule has 0 bridgehead atoms. The average molecular weight is 265 g/mol. The van der Waals surface area contributed by atoms with Gasteiger partial charge in [-0.25, -0.2) is 0 Å². The van der Waals surface area contributed by atoms with Crippen molar-refractivity contribution in [3.8, 4) is 5.75 Å². The van der Waals surface area contributed by atoms with E-state index in [1.807, 2.05) is 0 Å². The van der Waals surface area contributed by atoms with E-state index in [4.69, 9.17) is 15.6 Å². The van der Waals surface area contributed by atoms with Crippen LogP contribution in [0.25, 0.3) is 0 Å². The number of carbonyl (C=O) groups excluding carboxylic acids is 1. The van der Waals surface area contributed by atoms with Gasteiger partial charge >= 0.3 is 5.97 Å². The van der Waals surface area contributed by atoms with Crippen LogP contribution in [0.2, 0.25) is 0 Å². The third kappa shape index (κ3) is 2.60. The summed E-state index contributed by atoms with van der Waals surface area (Å²) >= 11 is 0. The Morgan fingerprint density at radius 1 is 1.63 bits per heavy atom. The highest BCUT2D eigenvalue weighted by Crippen LogP contribution is 2.33. The van der Waals surface area contributed by atoms with Crippen molar-refractivity contribution in [2.45, 2.75) is 6.04 Å². The van der Waals surface area contributed by atoms with Crippen LogP contribution in [0.5, 0.6) is 5.75 Å². The molecule has 1 aromatic rings. The highest BCUT2D eigenvalue weighted by atomic mass is 16.5. The number of nitrogen functional groups attached to an aromatic ring is 1. The predicted molar refractivity (Wildman–Crippen MR) is 69.2 cm³/mol. The molecule has 1 aliphatic heterocycles. The summed E-state index contributed by atoms with van der Waals surface area (Å²) in [7, 11) is 1.53. The van der Waals surface area contributed by atoms with Gasteiger partial charge in [0.2, 0.25) is 0 Å². The molecule has 1 amide bonds. The minimum absolute atomic E-state index is 0.0183. The summed E-state index contributed by atoms with van der Waals surface area (Å²) in [5.74, 6) is -0.791. The minimum atomic E-state index is -1.02. The van der Waals surface area contributed by atoms with Crippen LogP contribution in [-0.4, -0.2) is 43.2 Å². The number of carboxylic acid groups (broad SMARTS) is 1. The first kappa shape index (κ1) is 13.2. The second-order valence-corrected chi connectivity index (χ2v) is 4.20. The van der Waals surface area contributed by atoms with Crippen LogP contribution in [0.4, 0.5) is 11.4 Å². The van der Waals surface area contributed by atoms with E-state index in [1.54, 1.807) is 18.2 Å². The molecule has 0 spiro atoms. The Balaban J connectivity index is 2.32. The number of fused-ring (bicyclic) bond motifs is 1. The van der Waals surface area contributed by atoms with Gasteiger partial charge in [0.1, 0.15) is 11.8 Å². The molecule has 1 atom stereocenters. The van der Waals surface area contributed by atoms with Crippen molar-refractivity contribution in [2.24, 2.45) is 0 Å². The maximum absolute atomic E-state index is 11.9. The number of carboxylic acids is 1. The number of benzene rings is 1. The van der Waals surface area contributed by atoms with Crippen LogP contribution in [0.1, 0.15) is 0 Å². The monoisotopic (exact) mass is 265 g/mol. The molecule has 0 saturated heterocycles. The van der Waals surface area contributed by atoms with Crippen molar-refractivity contribution in [2.75, 3.05) is 30.8 Å². The fourth-order valence-corrected chi connectivity index (χ4v) is 1.89. The molecule has 102 valence electrons. The summed E-state index contributed by atoms with van der Waals surface area (Å²) in [4.78, 5) is 24.3. The normalized spacial score (nSPS) is 15.6. The highest BCUT2D eigenvalue weighted by Gasteiger charge is 2.29. The zero-order valence-electron chi connectivity index (χ0n) is 10.4. The predicted octanol–water partition coefficient (Wildman–Crippen LogP) is -0.333. The third-order valence-corrected chi connectivity index (χ3v) is 2.94.